The second-order valence-electron chi connectivity index (χ2n) is 4.34. The van der Waals surface area contributed by atoms with E-state index in [4.69, 9.17) is 0 Å². The molecule has 0 unspecified atom stereocenters. The molecule has 90 valence electrons. The van der Waals surface area contributed by atoms with Crippen LogP contribution in [0.1, 0.15) is 58.3 Å². The van der Waals surface area contributed by atoms with Crippen LogP contribution in [-0.4, -0.2) is 5.78 Å². The summed E-state index contributed by atoms with van der Waals surface area (Å²) in [5.41, 5.74) is 1.33. The predicted octanol–water partition coefficient (Wildman–Crippen LogP) is 3.64. The van der Waals surface area contributed by atoms with Crippen molar-refractivity contribution in [1.82, 2.24) is 0 Å². The van der Waals surface area contributed by atoms with Crippen LogP contribution in [0.25, 0.3) is 0 Å². The highest BCUT2D eigenvalue weighted by atomic mass is 16.1. The fraction of sp³-hybridized carbons (Fsp3) is 0.562. The van der Waals surface area contributed by atoms with Crippen molar-refractivity contribution in [2.75, 3.05) is 0 Å². The van der Waals surface area contributed by atoms with Gasteiger partial charge in [0.1, 0.15) is 0 Å². The largest absolute Gasteiger partial charge is 0.285 e. The van der Waals surface area contributed by atoms with Crippen LogP contribution < -0.4 is 0 Å². The van der Waals surface area contributed by atoms with Crippen molar-refractivity contribution in [3.63, 3.8) is 0 Å². The quantitative estimate of drug-likeness (QED) is 0.409. The van der Waals surface area contributed by atoms with Crippen LogP contribution in [0.4, 0.5) is 0 Å². The standard InChI is InChI=1S/C16H20O/c1-15(17)11-7-4-2-3-5-8-12-16-13-9-6-10-14-16/h13H,2-6,9-10,14H2,1H3. The molecule has 0 aromatic carbocycles. The van der Waals surface area contributed by atoms with E-state index in [1.165, 1.54) is 31.8 Å². The van der Waals surface area contributed by atoms with Gasteiger partial charge in [-0.1, -0.05) is 23.8 Å². The van der Waals surface area contributed by atoms with Crippen molar-refractivity contribution in [2.24, 2.45) is 0 Å². The topological polar surface area (TPSA) is 17.1 Å². The molecule has 0 saturated carbocycles. The maximum Gasteiger partial charge on any atom is 0.202 e. The lowest BCUT2D eigenvalue weighted by atomic mass is 10.00. The first-order valence-electron chi connectivity index (χ1n) is 6.46. The molecule has 0 atom stereocenters. The Labute approximate surface area is 105 Å². The van der Waals surface area contributed by atoms with Crippen molar-refractivity contribution < 1.29 is 4.79 Å². The Morgan fingerprint density at radius 1 is 1.24 bits per heavy atom. The van der Waals surface area contributed by atoms with E-state index in [0.717, 1.165) is 32.1 Å². The lowest BCUT2D eigenvalue weighted by Gasteiger charge is -2.05. The van der Waals surface area contributed by atoms with Crippen LogP contribution >= 0.6 is 0 Å². The first-order valence-corrected chi connectivity index (χ1v) is 6.46. The van der Waals surface area contributed by atoms with Crippen molar-refractivity contribution >= 4 is 5.78 Å². The molecule has 0 aromatic rings. The van der Waals surface area contributed by atoms with Gasteiger partial charge in [0.2, 0.25) is 5.78 Å². The maximum absolute atomic E-state index is 10.6. The summed E-state index contributed by atoms with van der Waals surface area (Å²) in [6.07, 6.45) is 11.1. The highest BCUT2D eigenvalue weighted by molar-refractivity contribution is 5.93. The third-order valence-electron chi connectivity index (χ3n) is 2.66. The minimum atomic E-state index is -0.0472. The zero-order valence-electron chi connectivity index (χ0n) is 10.6. The SMILES string of the molecule is CC(=O)C#CCCCCC#CC1=CCCCC1. The van der Waals surface area contributed by atoms with Gasteiger partial charge in [-0.2, -0.15) is 0 Å². The first-order chi connectivity index (χ1) is 8.29. The van der Waals surface area contributed by atoms with Crippen molar-refractivity contribution in [3.8, 4) is 23.7 Å². The summed E-state index contributed by atoms with van der Waals surface area (Å²) in [6.45, 7) is 1.50. The smallest absolute Gasteiger partial charge is 0.202 e. The van der Waals surface area contributed by atoms with Gasteiger partial charge in [-0.05, 0) is 50.0 Å². The van der Waals surface area contributed by atoms with Gasteiger partial charge in [0.05, 0.1) is 0 Å². The number of hydrogen-bond acceptors (Lipinski definition) is 1. The molecular weight excluding hydrogens is 208 g/mol. The third-order valence-corrected chi connectivity index (χ3v) is 2.66. The number of carbonyl (C=O) groups excluding carboxylic acids is 1. The lowest BCUT2D eigenvalue weighted by molar-refractivity contribution is -0.111. The maximum atomic E-state index is 10.6. The molecule has 0 N–H and O–H groups in total. The van der Waals surface area contributed by atoms with Crippen molar-refractivity contribution in [1.29, 1.82) is 0 Å². The van der Waals surface area contributed by atoms with Crippen LogP contribution in [0.2, 0.25) is 0 Å². The van der Waals surface area contributed by atoms with Gasteiger partial charge in [-0.15, -0.1) is 0 Å². The molecule has 0 spiro atoms. The van der Waals surface area contributed by atoms with Gasteiger partial charge >= 0.3 is 0 Å². The number of ketones is 1. The fourth-order valence-electron chi connectivity index (χ4n) is 1.74. The molecule has 0 fully saturated rings. The number of rotatable bonds is 3. The van der Waals surface area contributed by atoms with Gasteiger partial charge in [0.25, 0.3) is 0 Å². The monoisotopic (exact) mass is 228 g/mol. The summed E-state index contributed by atoms with van der Waals surface area (Å²) in [6, 6.07) is 0. The Morgan fingerprint density at radius 2 is 2.00 bits per heavy atom. The number of Topliss-reactive ketones (excluding diaryl/α,β-unsaturated/α-hetero) is 1. The van der Waals surface area contributed by atoms with Crippen molar-refractivity contribution in [3.05, 3.63) is 11.6 Å². The molecule has 0 aromatic heterocycles. The minimum Gasteiger partial charge on any atom is -0.285 e. The first kappa shape index (κ1) is 13.6. The summed E-state index contributed by atoms with van der Waals surface area (Å²) in [4.78, 5) is 10.6. The van der Waals surface area contributed by atoms with E-state index < -0.39 is 0 Å². The lowest BCUT2D eigenvalue weighted by Crippen LogP contribution is -1.88. The van der Waals surface area contributed by atoms with Crippen molar-refractivity contribution in [2.45, 2.75) is 58.3 Å². The predicted molar refractivity (Wildman–Crippen MR) is 71.3 cm³/mol. The molecule has 1 nitrogen and oxygen atoms in total. The van der Waals surface area contributed by atoms with Crippen LogP contribution in [0, 0.1) is 23.7 Å². The van der Waals surface area contributed by atoms with E-state index in [-0.39, 0.29) is 5.78 Å². The van der Waals surface area contributed by atoms with Crippen LogP contribution in [-0.2, 0) is 4.79 Å². The van der Waals surface area contributed by atoms with E-state index in [0.29, 0.717) is 0 Å². The Kier molecular flexibility index (Phi) is 6.92. The van der Waals surface area contributed by atoms with E-state index in [9.17, 15) is 4.79 Å². The van der Waals surface area contributed by atoms with Crippen LogP contribution in [0.3, 0.4) is 0 Å². The minimum absolute atomic E-state index is 0.0472. The summed E-state index contributed by atoms with van der Waals surface area (Å²) < 4.78 is 0. The van der Waals surface area contributed by atoms with E-state index in [2.05, 4.69) is 29.8 Å². The molecule has 0 amide bonds. The third kappa shape index (κ3) is 7.42. The molecule has 17 heavy (non-hydrogen) atoms. The highest BCUT2D eigenvalue weighted by Gasteiger charge is 1.98. The number of unbranched alkanes of at least 4 members (excludes halogenated alkanes) is 3. The van der Waals surface area contributed by atoms with E-state index in [1.807, 2.05) is 0 Å². The Hall–Kier alpha value is -1.47. The molecule has 0 bridgehead atoms. The number of hydrogen-bond donors (Lipinski definition) is 0. The summed E-state index contributed by atoms with van der Waals surface area (Å²) in [7, 11) is 0. The normalized spacial score (nSPS) is 13.8. The van der Waals surface area contributed by atoms with Gasteiger partial charge in [-0.25, -0.2) is 0 Å². The van der Waals surface area contributed by atoms with E-state index in [1.54, 1.807) is 0 Å². The Morgan fingerprint density at radius 3 is 2.65 bits per heavy atom. The van der Waals surface area contributed by atoms with Crippen LogP contribution in [0.5, 0.6) is 0 Å². The number of carbonyl (C=O) groups is 1. The van der Waals surface area contributed by atoms with Gasteiger partial charge in [-0.3, -0.25) is 4.79 Å². The zero-order valence-corrected chi connectivity index (χ0v) is 10.6. The molecular formula is C16H20O. The summed E-state index contributed by atoms with van der Waals surface area (Å²) >= 11 is 0. The average Bonchev–Trinajstić information content (AvgIpc) is 2.33. The number of allylic oxidation sites excluding steroid dienone is 2. The molecule has 1 aliphatic carbocycles. The molecule has 0 saturated heterocycles. The van der Waals surface area contributed by atoms with Gasteiger partial charge in [0.15, 0.2) is 0 Å². The second-order valence-corrected chi connectivity index (χ2v) is 4.34. The molecule has 0 radical (unpaired) electrons. The van der Waals surface area contributed by atoms with Gasteiger partial charge < -0.3 is 0 Å². The second kappa shape index (κ2) is 8.66. The molecule has 1 heteroatoms. The summed E-state index contributed by atoms with van der Waals surface area (Å²) in [5.74, 6) is 11.8. The van der Waals surface area contributed by atoms with Crippen LogP contribution in [0.15, 0.2) is 11.6 Å². The average molecular weight is 228 g/mol. The molecule has 1 aliphatic rings. The summed E-state index contributed by atoms with van der Waals surface area (Å²) in [5, 5.41) is 0. The Balaban J connectivity index is 2.08. The molecule has 0 heterocycles. The molecule has 1 rings (SSSR count). The fourth-order valence-corrected chi connectivity index (χ4v) is 1.74. The Bertz CT molecular complexity index is 393. The van der Waals surface area contributed by atoms with E-state index >= 15 is 0 Å². The zero-order chi connectivity index (χ0) is 12.3. The highest BCUT2D eigenvalue weighted by Crippen LogP contribution is 2.16. The molecule has 0 aliphatic heterocycles. The van der Waals surface area contributed by atoms with Gasteiger partial charge in [0, 0.05) is 19.8 Å².